The van der Waals surface area contributed by atoms with Gasteiger partial charge in [0.2, 0.25) is 0 Å². The highest BCUT2D eigenvalue weighted by Gasteiger charge is 2.09. The van der Waals surface area contributed by atoms with Crippen LogP contribution in [0.5, 0.6) is 0 Å². The Hall–Kier alpha value is -1.65. The second-order valence-corrected chi connectivity index (χ2v) is 4.42. The second-order valence-electron chi connectivity index (χ2n) is 4.42. The Morgan fingerprint density at radius 1 is 1.33 bits per heavy atom. The molecular formula is C14H19N3O. The summed E-state index contributed by atoms with van der Waals surface area (Å²) in [5.74, 6) is 0. The predicted molar refractivity (Wildman–Crippen MR) is 71.2 cm³/mol. The molecule has 0 unspecified atom stereocenters. The van der Waals surface area contributed by atoms with Gasteiger partial charge in [-0.15, -0.1) is 0 Å². The molecule has 0 aliphatic rings. The highest BCUT2D eigenvalue weighted by molar-refractivity contribution is 5.16. The highest BCUT2D eigenvalue weighted by atomic mass is 16.3. The standard InChI is InChI=1S/C14H19N3O/c1-11-14(17-10-16-11)8-15-13(9-18)7-12-5-3-2-4-6-12/h2-6,10,13,15,18H,7-9H2,1H3,(H,16,17)/t13-/m0/s1. The molecule has 18 heavy (non-hydrogen) atoms. The lowest BCUT2D eigenvalue weighted by Gasteiger charge is -2.15. The zero-order chi connectivity index (χ0) is 12.8. The van der Waals surface area contributed by atoms with Crippen molar-refractivity contribution in [1.82, 2.24) is 15.3 Å². The molecule has 0 fully saturated rings. The summed E-state index contributed by atoms with van der Waals surface area (Å²) in [6.07, 6.45) is 2.51. The Bertz CT molecular complexity index is 467. The van der Waals surface area contributed by atoms with E-state index in [2.05, 4.69) is 27.4 Å². The lowest BCUT2D eigenvalue weighted by molar-refractivity contribution is 0.240. The van der Waals surface area contributed by atoms with E-state index in [4.69, 9.17) is 0 Å². The molecule has 0 radical (unpaired) electrons. The average Bonchev–Trinajstić information content (AvgIpc) is 2.81. The van der Waals surface area contributed by atoms with E-state index in [0.29, 0.717) is 6.54 Å². The van der Waals surface area contributed by atoms with Crippen molar-refractivity contribution in [3.05, 3.63) is 53.6 Å². The number of aromatic amines is 1. The summed E-state index contributed by atoms with van der Waals surface area (Å²) in [7, 11) is 0. The topological polar surface area (TPSA) is 60.9 Å². The molecule has 0 bridgehead atoms. The number of H-pyrrole nitrogens is 1. The molecule has 2 rings (SSSR count). The zero-order valence-corrected chi connectivity index (χ0v) is 10.6. The second kappa shape index (κ2) is 6.33. The van der Waals surface area contributed by atoms with Crippen molar-refractivity contribution in [2.75, 3.05) is 6.61 Å². The first-order valence-electron chi connectivity index (χ1n) is 6.16. The third-order valence-electron chi connectivity index (χ3n) is 3.04. The van der Waals surface area contributed by atoms with Gasteiger partial charge in [-0.3, -0.25) is 0 Å². The van der Waals surface area contributed by atoms with Crippen LogP contribution in [0.2, 0.25) is 0 Å². The maximum absolute atomic E-state index is 9.39. The first-order chi connectivity index (χ1) is 8.79. The summed E-state index contributed by atoms with van der Waals surface area (Å²) < 4.78 is 0. The largest absolute Gasteiger partial charge is 0.395 e. The van der Waals surface area contributed by atoms with Gasteiger partial charge in [0, 0.05) is 18.3 Å². The molecule has 0 aliphatic heterocycles. The van der Waals surface area contributed by atoms with Gasteiger partial charge in [0.25, 0.3) is 0 Å². The van der Waals surface area contributed by atoms with Crippen molar-refractivity contribution in [3.63, 3.8) is 0 Å². The van der Waals surface area contributed by atoms with Crippen LogP contribution in [0.25, 0.3) is 0 Å². The minimum absolute atomic E-state index is 0.0588. The van der Waals surface area contributed by atoms with Crippen LogP contribution in [0, 0.1) is 6.92 Å². The summed E-state index contributed by atoms with van der Waals surface area (Å²) in [6, 6.07) is 10.2. The van der Waals surface area contributed by atoms with Crippen LogP contribution in [0.15, 0.2) is 36.7 Å². The third-order valence-corrected chi connectivity index (χ3v) is 3.04. The first kappa shape index (κ1) is 12.8. The van der Waals surface area contributed by atoms with Crippen molar-refractivity contribution in [3.8, 4) is 0 Å². The zero-order valence-electron chi connectivity index (χ0n) is 10.6. The number of rotatable bonds is 6. The number of aromatic nitrogens is 2. The van der Waals surface area contributed by atoms with Gasteiger partial charge in [0.1, 0.15) is 0 Å². The number of aryl methyl sites for hydroxylation is 1. The van der Waals surface area contributed by atoms with Gasteiger partial charge in [-0.25, -0.2) is 4.98 Å². The molecule has 4 heteroatoms. The number of aliphatic hydroxyl groups excluding tert-OH is 1. The van der Waals surface area contributed by atoms with E-state index in [0.717, 1.165) is 17.8 Å². The van der Waals surface area contributed by atoms with Crippen molar-refractivity contribution in [2.45, 2.75) is 25.9 Å². The lowest BCUT2D eigenvalue weighted by atomic mass is 10.1. The van der Waals surface area contributed by atoms with Crippen molar-refractivity contribution >= 4 is 0 Å². The van der Waals surface area contributed by atoms with E-state index < -0.39 is 0 Å². The smallest absolute Gasteiger partial charge is 0.0925 e. The van der Waals surface area contributed by atoms with Crippen molar-refractivity contribution in [2.24, 2.45) is 0 Å². The lowest BCUT2D eigenvalue weighted by Crippen LogP contribution is -2.34. The molecule has 96 valence electrons. The molecule has 1 aromatic carbocycles. The van der Waals surface area contributed by atoms with E-state index >= 15 is 0 Å². The van der Waals surface area contributed by atoms with Gasteiger partial charge in [-0.1, -0.05) is 30.3 Å². The number of benzene rings is 1. The molecule has 1 atom stereocenters. The SMILES string of the molecule is Cc1[nH]cnc1CN[C@H](CO)Cc1ccccc1. The number of hydrogen-bond donors (Lipinski definition) is 3. The predicted octanol–water partition coefficient (Wildman–Crippen LogP) is 1.41. The van der Waals surface area contributed by atoms with Crippen molar-refractivity contribution in [1.29, 1.82) is 0 Å². The van der Waals surface area contributed by atoms with Crippen LogP contribution >= 0.6 is 0 Å². The van der Waals surface area contributed by atoms with Crippen LogP contribution in [-0.2, 0) is 13.0 Å². The summed E-state index contributed by atoms with van der Waals surface area (Å²) in [5, 5.41) is 12.7. The van der Waals surface area contributed by atoms with Crippen molar-refractivity contribution < 1.29 is 5.11 Å². The quantitative estimate of drug-likeness (QED) is 0.721. The summed E-state index contributed by atoms with van der Waals surface area (Å²) in [4.78, 5) is 7.28. The van der Waals surface area contributed by atoms with Gasteiger partial charge in [-0.05, 0) is 18.9 Å². The summed E-state index contributed by atoms with van der Waals surface area (Å²) in [5.41, 5.74) is 3.29. The van der Waals surface area contributed by atoms with E-state index in [-0.39, 0.29) is 12.6 Å². The molecule has 3 N–H and O–H groups in total. The fourth-order valence-corrected chi connectivity index (χ4v) is 1.91. The summed E-state index contributed by atoms with van der Waals surface area (Å²) >= 11 is 0. The Morgan fingerprint density at radius 2 is 2.11 bits per heavy atom. The number of nitrogens with zero attached hydrogens (tertiary/aromatic N) is 1. The molecular weight excluding hydrogens is 226 g/mol. The molecule has 0 amide bonds. The molecule has 1 aromatic heterocycles. The molecule has 4 nitrogen and oxygen atoms in total. The minimum Gasteiger partial charge on any atom is -0.395 e. The molecule has 0 spiro atoms. The summed E-state index contributed by atoms with van der Waals surface area (Å²) in [6.45, 7) is 2.79. The number of imidazole rings is 1. The van der Waals surface area contributed by atoms with Gasteiger partial charge in [0.15, 0.2) is 0 Å². The fraction of sp³-hybridized carbons (Fsp3) is 0.357. The Balaban J connectivity index is 1.88. The van der Waals surface area contributed by atoms with E-state index in [1.807, 2.05) is 25.1 Å². The van der Waals surface area contributed by atoms with Gasteiger partial charge in [0.05, 0.1) is 18.6 Å². The molecule has 0 saturated carbocycles. The Morgan fingerprint density at radius 3 is 2.72 bits per heavy atom. The van der Waals surface area contributed by atoms with E-state index in [1.165, 1.54) is 5.56 Å². The number of hydrogen-bond acceptors (Lipinski definition) is 3. The highest BCUT2D eigenvalue weighted by Crippen LogP contribution is 2.05. The van der Waals surface area contributed by atoms with E-state index in [1.54, 1.807) is 6.33 Å². The van der Waals surface area contributed by atoms with Gasteiger partial charge < -0.3 is 15.4 Å². The fourth-order valence-electron chi connectivity index (χ4n) is 1.91. The van der Waals surface area contributed by atoms with Crippen LogP contribution in [0.4, 0.5) is 0 Å². The van der Waals surface area contributed by atoms with Crippen LogP contribution < -0.4 is 5.32 Å². The van der Waals surface area contributed by atoms with Crippen LogP contribution in [-0.4, -0.2) is 27.7 Å². The monoisotopic (exact) mass is 245 g/mol. The molecule has 0 saturated heterocycles. The van der Waals surface area contributed by atoms with Crippen LogP contribution in [0.1, 0.15) is 17.0 Å². The minimum atomic E-state index is 0.0588. The maximum Gasteiger partial charge on any atom is 0.0925 e. The van der Waals surface area contributed by atoms with Gasteiger partial charge in [-0.2, -0.15) is 0 Å². The number of nitrogens with one attached hydrogen (secondary N) is 2. The number of aliphatic hydroxyl groups is 1. The van der Waals surface area contributed by atoms with E-state index in [9.17, 15) is 5.11 Å². The Labute approximate surface area is 107 Å². The van der Waals surface area contributed by atoms with Crippen LogP contribution in [0.3, 0.4) is 0 Å². The van der Waals surface area contributed by atoms with Gasteiger partial charge >= 0.3 is 0 Å². The maximum atomic E-state index is 9.39. The third kappa shape index (κ3) is 3.42. The normalized spacial score (nSPS) is 12.6. The Kier molecular flexibility index (Phi) is 4.50. The first-order valence-corrected chi connectivity index (χ1v) is 6.16. The molecule has 0 aliphatic carbocycles. The average molecular weight is 245 g/mol. The molecule has 2 aromatic rings. The molecule has 1 heterocycles.